The van der Waals surface area contributed by atoms with Crippen LogP contribution in [0.5, 0.6) is 11.8 Å². The Bertz CT molecular complexity index is 2090. The maximum atomic E-state index is 16.8. The number of halogens is 4. The fourth-order valence-electron chi connectivity index (χ4n) is 9.27. The highest BCUT2D eigenvalue weighted by Crippen LogP contribution is 2.49. The van der Waals surface area contributed by atoms with Gasteiger partial charge in [0.25, 0.3) is 0 Å². The van der Waals surface area contributed by atoms with Crippen LogP contribution in [0.25, 0.3) is 32.8 Å². The number of hydrogen-bond donors (Lipinski definition) is 2. The second kappa shape index (κ2) is 12.4. The molecule has 13 heteroatoms. The number of likely N-dealkylation sites (tertiary alicyclic amines) is 2. The Kier molecular flexibility index (Phi) is 8.03. The van der Waals surface area contributed by atoms with Gasteiger partial charge in [-0.2, -0.15) is 9.97 Å². The van der Waals surface area contributed by atoms with Crippen LogP contribution in [0.15, 0.2) is 30.3 Å². The monoisotopic (exact) mass is 718 g/mol. The summed E-state index contributed by atoms with van der Waals surface area (Å²) in [7, 11) is 0. The van der Waals surface area contributed by atoms with Crippen LogP contribution in [-0.4, -0.2) is 95.3 Å². The molecule has 4 aromatic rings. The fraction of sp³-hybridized carbons (Fsp3) is 0.513. The predicted octanol–water partition coefficient (Wildman–Crippen LogP) is 6.15. The Morgan fingerprint density at radius 3 is 2.37 bits per heavy atom. The molecule has 1 amide bonds. The van der Waals surface area contributed by atoms with Gasteiger partial charge in [-0.25, -0.2) is 17.6 Å². The molecule has 3 aromatic carbocycles. The van der Waals surface area contributed by atoms with E-state index in [9.17, 15) is 14.3 Å². The summed E-state index contributed by atoms with van der Waals surface area (Å²) < 4.78 is 69.0. The number of phenols is 1. The zero-order valence-electron chi connectivity index (χ0n) is 29.2. The molecule has 5 heterocycles. The summed E-state index contributed by atoms with van der Waals surface area (Å²) in [6.45, 7) is 7.64. The standard InChI is InChI=1S/C39H42F4N6O3/c1-22(50)48-13-10-38(20-48)8-11-47(12-9-38)19-39(6-7-39)21-52-37-45-35-28(36(46-37)49-17-24-3-4-25(18-49)44-24)16-30(41)32(34(35)43)27-15-26(51)14-23-2-5-29(40)33(42)31(23)27/h2,5,14-16,24-25,44,51H,3-4,6-13,17-21H2,1H3. The van der Waals surface area contributed by atoms with Gasteiger partial charge in [-0.15, -0.1) is 0 Å². The highest BCUT2D eigenvalue weighted by Gasteiger charge is 2.48. The number of carbonyl (C=O) groups excluding carboxylic acids is 1. The second-order valence-electron chi connectivity index (χ2n) is 16.0. The van der Waals surface area contributed by atoms with Crippen LogP contribution in [0.1, 0.15) is 51.9 Å². The Morgan fingerprint density at radius 1 is 0.942 bits per heavy atom. The van der Waals surface area contributed by atoms with Crippen LogP contribution >= 0.6 is 0 Å². The lowest BCUT2D eigenvalue weighted by Gasteiger charge is -2.40. The van der Waals surface area contributed by atoms with Gasteiger partial charge in [-0.1, -0.05) is 6.07 Å². The number of benzene rings is 3. The third-order valence-electron chi connectivity index (χ3n) is 12.4. The Balaban J connectivity index is 1.03. The van der Waals surface area contributed by atoms with Crippen molar-refractivity contribution >= 4 is 33.4 Å². The molecule has 1 spiro atoms. The van der Waals surface area contributed by atoms with Gasteiger partial charge in [0.2, 0.25) is 5.91 Å². The molecule has 5 fully saturated rings. The number of anilines is 1. The van der Waals surface area contributed by atoms with E-state index in [0.29, 0.717) is 25.5 Å². The molecule has 274 valence electrons. The summed E-state index contributed by atoms with van der Waals surface area (Å²) in [5.74, 6) is -4.37. The number of carbonyl (C=O) groups is 1. The largest absolute Gasteiger partial charge is 0.508 e. The summed E-state index contributed by atoms with van der Waals surface area (Å²) in [6, 6.07) is 5.97. The molecule has 5 aliphatic rings. The third-order valence-corrected chi connectivity index (χ3v) is 12.4. The second-order valence-corrected chi connectivity index (χ2v) is 16.0. The quantitative estimate of drug-likeness (QED) is 0.220. The average Bonchev–Trinajstić information content (AvgIpc) is 3.62. The highest BCUT2D eigenvalue weighted by atomic mass is 19.2. The van der Waals surface area contributed by atoms with Crippen molar-refractivity contribution < 1.29 is 32.2 Å². The van der Waals surface area contributed by atoms with Crippen LogP contribution in [0, 0.1) is 34.1 Å². The average molecular weight is 719 g/mol. The van der Waals surface area contributed by atoms with Crippen LogP contribution in [0.3, 0.4) is 0 Å². The zero-order chi connectivity index (χ0) is 35.9. The molecule has 1 aliphatic carbocycles. The van der Waals surface area contributed by atoms with E-state index in [1.54, 1.807) is 6.92 Å². The molecular weight excluding hydrogens is 676 g/mol. The fourth-order valence-corrected chi connectivity index (χ4v) is 9.27. The van der Waals surface area contributed by atoms with Crippen molar-refractivity contribution in [2.24, 2.45) is 10.8 Å². The van der Waals surface area contributed by atoms with E-state index in [2.05, 4.69) is 15.2 Å². The molecule has 4 saturated heterocycles. The molecule has 0 radical (unpaired) electrons. The predicted molar refractivity (Wildman–Crippen MR) is 188 cm³/mol. The molecule has 1 aromatic heterocycles. The molecular formula is C39H42F4N6O3. The molecule has 2 unspecified atom stereocenters. The van der Waals surface area contributed by atoms with E-state index < -0.39 is 28.8 Å². The van der Waals surface area contributed by atoms with Crippen LogP contribution in [-0.2, 0) is 4.79 Å². The van der Waals surface area contributed by atoms with Gasteiger partial charge >= 0.3 is 6.01 Å². The maximum absolute atomic E-state index is 16.8. The lowest BCUT2D eigenvalue weighted by molar-refractivity contribution is -0.128. The van der Waals surface area contributed by atoms with Gasteiger partial charge in [-0.05, 0) is 93.1 Å². The van der Waals surface area contributed by atoms with Gasteiger partial charge in [0.1, 0.15) is 22.9 Å². The normalized spacial score (nSPS) is 23.6. The van der Waals surface area contributed by atoms with E-state index in [1.165, 1.54) is 12.1 Å². The first kappa shape index (κ1) is 33.6. The van der Waals surface area contributed by atoms with E-state index in [1.807, 2.05) is 9.80 Å². The van der Waals surface area contributed by atoms with Crippen LogP contribution in [0.2, 0.25) is 0 Å². The van der Waals surface area contributed by atoms with E-state index in [4.69, 9.17) is 9.72 Å². The third kappa shape index (κ3) is 5.89. The number of aromatic nitrogens is 2. The number of nitrogens with one attached hydrogen (secondary N) is 1. The van der Waals surface area contributed by atoms with Crippen molar-refractivity contribution in [2.45, 2.75) is 64.0 Å². The summed E-state index contributed by atoms with van der Waals surface area (Å²) in [4.78, 5) is 27.7. The van der Waals surface area contributed by atoms with Crippen molar-refractivity contribution in [3.63, 3.8) is 0 Å². The minimum absolute atomic E-state index is 0.0259. The summed E-state index contributed by atoms with van der Waals surface area (Å²) >= 11 is 0. The lowest BCUT2D eigenvalue weighted by atomic mass is 9.77. The molecule has 2 N–H and O–H groups in total. The van der Waals surface area contributed by atoms with Gasteiger partial charge in [0, 0.05) is 73.5 Å². The van der Waals surface area contributed by atoms with E-state index in [-0.39, 0.29) is 67.8 Å². The van der Waals surface area contributed by atoms with E-state index >= 15 is 13.2 Å². The number of aromatic hydroxyl groups is 1. The number of ether oxygens (including phenoxy) is 1. The highest BCUT2D eigenvalue weighted by molar-refractivity contribution is 6.02. The van der Waals surface area contributed by atoms with Crippen molar-refractivity contribution in [1.82, 2.24) is 25.1 Å². The SMILES string of the molecule is CC(=O)N1CCC2(CCN(CC3(COc4nc(N5CC6CCC(C5)N6)c5cc(F)c(-c6cc(O)cc7ccc(F)c(F)c67)c(F)c5n4)CC3)CC2)C1. The number of phenolic OH excluding ortho intramolecular Hbond substituents is 1. The van der Waals surface area contributed by atoms with Crippen molar-refractivity contribution in [3.8, 4) is 22.9 Å². The molecule has 9 rings (SSSR count). The number of amides is 1. The first-order valence-electron chi connectivity index (χ1n) is 18.4. The minimum Gasteiger partial charge on any atom is -0.508 e. The van der Waals surface area contributed by atoms with Gasteiger partial charge < -0.3 is 29.9 Å². The zero-order valence-corrected chi connectivity index (χ0v) is 29.2. The molecule has 2 bridgehead atoms. The summed E-state index contributed by atoms with van der Waals surface area (Å²) in [5.41, 5.74) is -1.02. The molecule has 2 atom stereocenters. The first-order valence-corrected chi connectivity index (χ1v) is 18.4. The van der Waals surface area contributed by atoms with Crippen molar-refractivity contribution in [1.29, 1.82) is 0 Å². The van der Waals surface area contributed by atoms with E-state index in [0.717, 1.165) is 95.9 Å². The van der Waals surface area contributed by atoms with Crippen LogP contribution < -0.4 is 15.0 Å². The van der Waals surface area contributed by atoms with Crippen molar-refractivity contribution in [3.05, 3.63) is 53.6 Å². The minimum atomic E-state index is -1.27. The smallest absolute Gasteiger partial charge is 0.319 e. The molecule has 1 saturated carbocycles. The van der Waals surface area contributed by atoms with Crippen molar-refractivity contribution in [2.75, 3.05) is 57.3 Å². The number of rotatable bonds is 7. The number of nitrogens with zero attached hydrogens (tertiary/aromatic N) is 5. The van der Waals surface area contributed by atoms with Crippen LogP contribution in [0.4, 0.5) is 23.4 Å². The number of piperidine rings is 1. The Labute approximate surface area is 298 Å². The first-order chi connectivity index (χ1) is 25.0. The summed E-state index contributed by atoms with van der Waals surface area (Å²) in [5, 5.41) is 13.9. The number of piperazine rings is 1. The topological polar surface area (TPSA) is 94.1 Å². The van der Waals surface area contributed by atoms with Gasteiger partial charge in [0.15, 0.2) is 17.5 Å². The number of hydrogen-bond acceptors (Lipinski definition) is 8. The number of fused-ring (bicyclic) bond motifs is 4. The maximum Gasteiger partial charge on any atom is 0.319 e. The molecule has 9 nitrogen and oxygen atoms in total. The molecule has 4 aliphatic heterocycles. The lowest BCUT2D eigenvalue weighted by Crippen LogP contribution is -2.51. The summed E-state index contributed by atoms with van der Waals surface area (Å²) in [6.07, 6.45) is 7.10. The van der Waals surface area contributed by atoms with Gasteiger partial charge in [0.05, 0.1) is 12.2 Å². The van der Waals surface area contributed by atoms with Gasteiger partial charge in [-0.3, -0.25) is 4.79 Å². The molecule has 52 heavy (non-hydrogen) atoms. The Hall–Kier alpha value is -4.23. The Morgan fingerprint density at radius 2 is 1.67 bits per heavy atom.